The van der Waals surface area contributed by atoms with Gasteiger partial charge in [0, 0.05) is 30.1 Å². The minimum atomic E-state index is -3.80. The highest BCUT2D eigenvalue weighted by Crippen LogP contribution is 2.32. The van der Waals surface area contributed by atoms with Gasteiger partial charge in [-0.05, 0) is 47.9 Å². The van der Waals surface area contributed by atoms with Crippen LogP contribution in [0.2, 0.25) is 10.0 Å². The van der Waals surface area contributed by atoms with Crippen molar-refractivity contribution in [1.29, 1.82) is 0 Å². The van der Waals surface area contributed by atoms with Crippen molar-refractivity contribution < 1.29 is 13.2 Å². The van der Waals surface area contributed by atoms with Crippen molar-refractivity contribution in [1.82, 2.24) is 4.90 Å². The molecule has 0 aromatic heterocycles. The summed E-state index contributed by atoms with van der Waals surface area (Å²) in [5.41, 5.74) is 1.72. The van der Waals surface area contributed by atoms with Crippen molar-refractivity contribution in [3.05, 3.63) is 57.6 Å². The monoisotopic (exact) mass is 398 g/mol. The van der Waals surface area contributed by atoms with Crippen molar-refractivity contribution in [2.75, 3.05) is 11.3 Å². The van der Waals surface area contributed by atoms with Crippen LogP contribution >= 0.6 is 23.2 Å². The molecule has 0 bridgehead atoms. The minimum absolute atomic E-state index is 0.0629. The summed E-state index contributed by atoms with van der Waals surface area (Å²) < 4.78 is 28.2. The number of carbonyl (C=O) groups is 1. The van der Waals surface area contributed by atoms with E-state index in [-0.39, 0.29) is 10.8 Å². The molecule has 132 valence electrons. The van der Waals surface area contributed by atoms with Gasteiger partial charge in [-0.2, -0.15) is 0 Å². The molecule has 8 heteroatoms. The third-order valence-corrected chi connectivity index (χ3v) is 6.18. The number of hydrogen-bond acceptors (Lipinski definition) is 3. The van der Waals surface area contributed by atoms with Crippen molar-refractivity contribution >= 4 is 44.8 Å². The number of nitrogens with zero attached hydrogens (tertiary/aromatic N) is 1. The first-order valence-corrected chi connectivity index (χ1v) is 9.86. The molecule has 0 atom stereocenters. The zero-order chi connectivity index (χ0) is 18.2. The van der Waals surface area contributed by atoms with Crippen LogP contribution in [0.3, 0.4) is 0 Å². The number of halogens is 2. The second-order valence-corrected chi connectivity index (χ2v) is 8.30. The Labute approximate surface area is 156 Å². The van der Waals surface area contributed by atoms with Crippen LogP contribution in [0.5, 0.6) is 0 Å². The lowest BCUT2D eigenvalue weighted by molar-refractivity contribution is -0.129. The molecule has 0 spiro atoms. The molecule has 0 saturated heterocycles. The largest absolute Gasteiger partial charge is 0.338 e. The van der Waals surface area contributed by atoms with E-state index >= 15 is 0 Å². The summed E-state index contributed by atoms with van der Waals surface area (Å²) in [5.74, 6) is -0.0629. The smallest absolute Gasteiger partial charge is 0.262 e. The maximum absolute atomic E-state index is 12.8. The van der Waals surface area contributed by atoms with E-state index in [0.717, 1.165) is 0 Å². The Kier molecular flexibility index (Phi) is 4.95. The van der Waals surface area contributed by atoms with Crippen LogP contribution in [0, 0.1) is 0 Å². The average Bonchev–Trinajstić information content (AvgIpc) is 2.54. The molecule has 1 aliphatic rings. The number of fused-ring (bicyclic) bond motifs is 1. The molecule has 5 nitrogen and oxygen atoms in total. The lowest BCUT2D eigenvalue weighted by Gasteiger charge is -2.30. The molecule has 1 aliphatic heterocycles. The van der Waals surface area contributed by atoms with Crippen molar-refractivity contribution in [2.45, 2.75) is 24.8 Å². The lowest BCUT2D eigenvalue weighted by atomic mass is 9.99. The second-order valence-electron chi connectivity index (χ2n) is 5.81. The first-order valence-electron chi connectivity index (χ1n) is 7.62. The SMILES string of the molecule is CC(=O)N1CCc2c(S(=O)(=O)Nc3cccc(Cl)c3)ccc(Cl)c2C1. The van der Waals surface area contributed by atoms with E-state index in [1.165, 1.54) is 13.0 Å². The van der Waals surface area contributed by atoms with Crippen LogP contribution in [0.25, 0.3) is 0 Å². The van der Waals surface area contributed by atoms with Crippen LogP contribution in [-0.4, -0.2) is 25.8 Å². The maximum Gasteiger partial charge on any atom is 0.262 e. The quantitative estimate of drug-likeness (QED) is 0.856. The van der Waals surface area contributed by atoms with Crippen LogP contribution in [0.4, 0.5) is 5.69 Å². The van der Waals surface area contributed by atoms with E-state index in [1.807, 2.05) is 0 Å². The second kappa shape index (κ2) is 6.86. The molecule has 3 rings (SSSR count). The molecule has 2 aromatic carbocycles. The zero-order valence-electron chi connectivity index (χ0n) is 13.4. The van der Waals surface area contributed by atoms with E-state index in [2.05, 4.69) is 4.72 Å². The van der Waals surface area contributed by atoms with Crippen molar-refractivity contribution in [2.24, 2.45) is 0 Å². The number of carbonyl (C=O) groups excluding carboxylic acids is 1. The van der Waals surface area contributed by atoms with Gasteiger partial charge in [-0.1, -0.05) is 29.3 Å². The molecule has 2 aromatic rings. The maximum atomic E-state index is 12.8. The number of sulfonamides is 1. The highest BCUT2D eigenvalue weighted by Gasteiger charge is 2.27. The summed E-state index contributed by atoms with van der Waals surface area (Å²) in [4.78, 5) is 13.4. The van der Waals surface area contributed by atoms with Gasteiger partial charge in [0.1, 0.15) is 0 Å². The normalized spacial score (nSPS) is 14.1. The number of nitrogens with one attached hydrogen (secondary N) is 1. The van der Waals surface area contributed by atoms with Crippen LogP contribution in [0.15, 0.2) is 41.3 Å². The Balaban J connectivity index is 2.00. The Morgan fingerprint density at radius 2 is 1.92 bits per heavy atom. The first kappa shape index (κ1) is 18.0. The fraction of sp³-hybridized carbons (Fsp3) is 0.235. The first-order chi connectivity index (χ1) is 11.8. The van der Waals surface area contributed by atoms with Gasteiger partial charge < -0.3 is 4.90 Å². The number of hydrogen-bond donors (Lipinski definition) is 1. The van der Waals surface area contributed by atoms with E-state index < -0.39 is 10.0 Å². The van der Waals surface area contributed by atoms with Crippen LogP contribution in [-0.2, 0) is 27.8 Å². The summed E-state index contributed by atoms with van der Waals surface area (Å²) in [7, 11) is -3.80. The predicted octanol–water partition coefficient (Wildman–Crippen LogP) is 3.70. The highest BCUT2D eigenvalue weighted by atomic mass is 35.5. The fourth-order valence-electron chi connectivity index (χ4n) is 2.89. The van der Waals surface area contributed by atoms with Crippen LogP contribution < -0.4 is 4.72 Å². The number of anilines is 1. The molecule has 1 amide bonds. The molecule has 0 saturated carbocycles. The van der Waals surface area contributed by atoms with Crippen LogP contribution in [0.1, 0.15) is 18.1 Å². The zero-order valence-corrected chi connectivity index (χ0v) is 15.7. The van der Waals surface area contributed by atoms with E-state index in [9.17, 15) is 13.2 Å². The number of amides is 1. The minimum Gasteiger partial charge on any atom is -0.338 e. The van der Waals surface area contributed by atoms with E-state index in [4.69, 9.17) is 23.2 Å². The summed E-state index contributed by atoms with van der Waals surface area (Å²) in [6, 6.07) is 9.55. The summed E-state index contributed by atoms with van der Waals surface area (Å²) in [6.45, 7) is 2.26. The van der Waals surface area contributed by atoms with Gasteiger partial charge in [0.2, 0.25) is 5.91 Å². The van der Waals surface area contributed by atoms with Gasteiger partial charge in [-0.3, -0.25) is 9.52 Å². The van der Waals surface area contributed by atoms with Gasteiger partial charge in [-0.15, -0.1) is 0 Å². The molecule has 0 aliphatic carbocycles. The van der Waals surface area contributed by atoms with Gasteiger partial charge in [0.25, 0.3) is 10.0 Å². The molecule has 25 heavy (non-hydrogen) atoms. The third kappa shape index (κ3) is 3.76. The van der Waals surface area contributed by atoms with Gasteiger partial charge in [0.05, 0.1) is 10.6 Å². The van der Waals surface area contributed by atoms with Crippen molar-refractivity contribution in [3.8, 4) is 0 Å². The summed E-state index contributed by atoms with van der Waals surface area (Å²) in [5, 5.41) is 0.901. The van der Waals surface area contributed by atoms with Gasteiger partial charge in [0.15, 0.2) is 0 Å². The lowest BCUT2D eigenvalue weighted by Crippen LogP contribution is -2.35. The van der Waals surface area contributed by atoms with Crippen molar-refractivity contribution in [3.63, 3.8) is 0 Å². The standard InChI is InChI=1S/C17H16Cl2N2O3S/c1-11(22)21-8-7-14-15(10-21)16(19)5-6-17(14)25(23,24)20-13-4-2-3-12(18)9-13/h2-6,9,20H,7-8,10H2,1H3. The highest BCUT2D eigenvalue weighted by molar-refractivity contribution is 7.92. The number of benzene rings is 2. The fourth-order valence-corrected chi connectivity index (χ4v) is 4.66. The Morgan fingerprint density at radius 1 is 1.16 bits per heavy atom. The molecule has 0 fully saturated rings. The number of rotatable bonds is 3. The Morgan fingerprint density at radius 3 is 2.60 bits per heavy atom. The molecular formula is C17H16Cl2N2O3S. The summed E-state index contributed by atoms with van der Waals surface area (Å²) >= 11 is 12.2. The van der Waals surface area contributed by atoms with E-state index in [0.29, 0.717) is 46.4 Å². The molecule has 0 radical (unpaired) electrons. The average molecular weight is 399 g/mol. The third-order valence-electron chi connectivity index (χ3n) is 4.12. The Bertz CT molecular complexity index is 945. The predicted molar refractivity (Wildman–Crippen MR) is 98.5 cm³/mol. The molecule has 0 unspecified atom stereocenters. The summed E-state index contributed by atoms with van der Waals surface area (Å²) in [6.07, 6.45) is 0.432. The van der Waals surface area contributed by atoms with E-state index in [1.54, 1.807) is 35.2 Å². The van der Waals surface area contributed by atoms with Gasteiger partial charge >= 0.3 is 0 Å². The Hall–Kier alpha value is -1.76. The topological polar surface area (TPSA) is 66.5 Å². The molecular weight excluding hydrogens is 383 g/mol. The molecule has 1 N–H and O–H groups in total. The molecule has 1 heterocycles. The van der Waals surface area contributed by atoms with Gasteiger partial charge in [-0.25, -0.2) is 8.42 Å².